The second-order valence-electron chi connectivity index (χ2n) is 7.24. The highest BCUT2D eigenvalue weighted by molar-refractivity contribution is 5.94. The van der Waals surface area contributed by atoms with Gasteiger partial charge in [-0.2, -0.15) is 4.98 Å². The van der Waals surface area contributed by atoms with Crippen LogP contribution < -0.4 is 20.9 Å². The van der Waals surface area contributed by atoms with Gasteiger partial charge < -0.3 is 20.9 Å². The molecule has 1 aromatic heterocycles. The zero-order valence-electron chi connectivity index (χ0n) is 15.6. The first-order valence-corrected chi connectivity index (χ1v) is 9.68. The van der Waals surface area contributed by atoms with E-state index < -0.39 is 0 Å². The SMILES string of the molecule is CCNC(=O)c1ccc(Nc2nccc(N3CCC4CN[C@H](C4)C3)n2)cc1. The summed E-state index contributed by atoms with van der Waals surface area (Å²) >= 11 is 0. The Morgan fingerprint density at radius 1 is 1.30 bits per heavy atom. The number of amides is 1. The van der Waals surface area contributed by atoms with Crippen molar-refractivity contribution in [2.75, 3.05) is 36.4 Å². The van der Waals surface area contributed by atoms with Crippen molar-refractivity contribution >= 4 is 23.4 Å². The lowest BCUT2D eigenvalue weighted by atomic mass is 10.0. The molecule has 3 N–H and O–H groups in total. The van der Waals surface area contributed by atoms with Gasteiger partial charge in [0.15, 0.2) is 0 Å². The maximum atomic E-state index is 11.8. The van der Waals surface area contributed by atoms with E-state index in [1.54, 1.807) is 18.3 Å². The molecule has 1 aromatic carbocycles. The van der Waals surface area contributed by atoms with E-state index in [1.807, 2.05) is 25.1 Å². The van der Waals surface area contributed by atoms with Crippen LogP contribution in [-0.2, 0) is 0 Å². The number of carbonyl (C=O) groups is 1. The number of hydrogen-bond donors (Lipinski definition) is 3. The first-order valence-electron chi connectivity index (χ1n) is 9.68. The first-order chi connectivity index (χ1) is 13.2. The van der Waals surface area contributed by atoms with Crippen molar-refractivity contribution in [1.29, 1.82) is 0 Å². The number of anilines is 3. The predicted octanol–water partition coefficient (Wildman–Crippen LogP) is 2.16. The van der Waals surface area contributed by atoms with Gasteiger partial charge in [-0.15, -0.1) is 0 Å². The van der Waals surface area contributed by atoms with Crippen LogP contribution in [0.15, 0.2) is 36.5 Å². The van der Waals surface area contributed by atoms with Crippen LogP contribution in [0.1, 0.15) is 30.1 Å². The molecule has 7 heteroatoms. The van der Waals surface area contributed by atoms with Crippen molar-refractivity contribution in [3.63, 3.8) is 0 Å². The molecule has 2 bridgehead atoms. The van der Waals surface area contributed by atoms with Crippen molar-refractivity contribution in [1.82, 2.24) is 20.6 Å². The Morgan fingerprint density at radius 2 is 2.15 bits per heavy atom. The van der Waals surface area contributed by atoms with Crippen LogP contribution in [0, 0.1) is 5.92 Å². The van der Waals surface area contributed by atoms with Gasteiger partial charge >= 0.3 is 0 Å². The summed E-state index contributed by atoms with van der Waals surface area (Å²) in [6.45, 7) is 5.72. The number of nitrogens with one attached hydrogen (secondary N) is 3. The molecular formula is C20H26N6O. The normalized spacial score (nSPS) is 21.6. The van der Waals surface area contributed by atoms with Gasteiger partial charge in [-0.05, 0) is 62.6 Å². The van der Waals surface area contributed by atoms with Crippen molar-refractivity contribution < 1.29 is 4.79 Å². The number of aromatic nitrogens is 2. The monoisotopic (exact) mass is 366 g/mol. The summed E-state index contributed by atoms with van der Waals surface area (Å²) in [6.07, 6.45) is 4.27. The number of benzene rings is 1. The molecule has 1 amide bonds. The zero-order valence-corrected chi connectivity index (χ0v) is 15.6. The summed E-state index contributed by atoms with van der Waals surface area (Å²) in [6, 6.07) is 9.88. The molecule has 1 unspecified atom stereocenters. The van der Waals surface area contributed by atoms with E-state index in [0.717, 1.165) is 37.1 Å². The van der Waals surface area contributed by atoms with Gasteiger partial charge in [-0.3, -0.25) is 4.79 Å². The fraction of sp³-hybridized carbons (Fsp3) is 0.450. The minimum absolute atomic E-state index is 0.0635. The lowest BCUT2D eigenvalue weighted by Crippen LogP contribution is -2.39. The molecule has 2 fully saturated rings. The fourth-order valence-electron chi connectivity index (χ4n) is 3.85. The molecule has 3 heterocycles. The lowest BCUT2D eigenvalue weighted by molar-refractivity contribution is 0.0956. The van der Waals surface area contributed by atoms with Gasteiger partial charge in [-0.1, -0.05) is 0 Å². The van der Waals surface area contributed by atoms with E-state index in [9.17, 15) is 4.79 Å². The third kappa shape index (κ3) is 4.19. The van der Waals surface area contributed by atoms with Crippen LogP contribution >= 0.6 is 0 Å². The van der Waals surface area contributed by atoms with E-state index in [2.05, 4.69) is 25.8 Å². The molecule has 2 aliphatic rings. The van der Waals surface area contributed by atoms with Crippen LogP contribution in [0.4, 0.5) is 17.5 Å². The van der Waals surface area contributed by atoms with E-state index in [0.29, 0.717) is 24.1 Å². The van der Waals surface area contributed by atoms with Crippen LogP contribution in [0.2, 0.25) is 0 Å². The molecule has 0 spiro atoms. The van der Waals surface area contributed by atoms with Gasteiger partial charge in [0, 0.05) is 43.1 Å². The minimum atomic E-state index is -0.0635. The molecule has 2 saturated heterocycles. The van der Waals surface area contributed by atoms with E-state index in [-0.39, 0.29) is 5.91 Å². The van der Waals surface area contributed by atoms with Crippen molar-refractivity contribution in [3.05, 3.63) is 42.1 Å². The van der Waals surface area contributed by atoms with Gasteiger partial charge in [0.1, 0.15) is 5.82 Å². The summed E-state index contributed by atoms with van der Waals surface area (Å²) in [5.74, 6) is 2.26. The Labute approximate surface area is 159 Å². The van der Waals surface area contributed by atoms with Gasteiger partial charge in [0.25, 0.3) is 5.91 Å². The maximum Gasteiger partial charge on any atom is 0.251 e. The number of hydrogen-bond acceptors (Lipinski definition) is 6. The Morgan fingerprint density at radius 3 is 2.96 bits per heavy atom. The molecule has 2 atom stereocenters. The Hall–Kier alpha value is -2.67. The fourth-order valence-corrected chi connectivity index (χ4v) is 3.85. The topological polar surface area (TPSA) is 82.2 Å². The van der Waals surface area contributed by atoms with Crippen LogP contribution in [0.3, 0.4) is 0 Å². The third-order valence-electron chi connectivity index (χ3n) is 5.27. The molecule has 27 heavy (non-hydrogen) atoms. The van der Waals surface area contributed by atoms with Crippen LogP contribution in [0.5, 0.6) is 0 Å². The van der Waals surface area contributed by atoms with Crippen LogP contribution in [0.25, 0.3) is 0 Å². The van der Waals surface area contributed by atoms with E-state index in [4.69, 9.17) is 4.98 Å². The average molecular weight is 366 g/mol. The van der Waals surface area contributed by atoms with Crippen molar-refractivity contribution in [3.8, 4) is 0 Å². The molecule has 0 saturated carbocycles. The summed E-state index contributed by atoms with van der Waals surface area (Å²) in [5.41, 5.74) is 1.50. The molecule has 0 aliphatic carbocycles. The maximum absolute atomic E-state index is 11.8. The lowest BCUT2D eigenvalue weighted by Gasteiger charge is -2.26. The van der Waals surface area contributed by atoms with Crippen molar-refractivity contribution in [2.24, 2.45) is 5.92 Å². The van der Waals surface area contributed by atoms with E-state index >= 15 is 0 Å². The number of nitrogens with zero attached hydrogens (tertiary/aromatic N) is 3. The Balaban J connectivity index is 1.44. The summed E-state index contributed by atoms with van der Waals surface area (Å²) in [5, 5.41) is 9.63. The summed E-state index contributed by atoms with van der Waals surface area (Å²) in [7, 11) is 0. The first kappa shape index (κ1) is 17.7. The summed E-state index contributed by atoms with van der Waals surface area (Å²) in [4.78, 5) is 23.2. The molecule has 7 nitrogen and oxygen atoms in total. The number of rotatable bonds is 5. The quantitative estimate of drug-likeness (QED) is 0.752. The average Bonchev–Trinajstić information content (AvgIpc) is 3.01. The summed E-state index contributed by atoms with van der Waals surface area (Å²) < 4.78 is 0. The Bertz CT molecular complexity index is 793. The van der Waals surface area contributed by atoms with Gasteiger partial charge in [-0.25, -0.2) is 4.98 Å². The zero-order chi connectivity index (χ0) is 18.6. The Kier molecular flexibility index (Phi) is 5.20. The highest BCUT2D eigenvalue weighted by Crippen LogP contribution is 2.26. The predicted molar refractivity (Wildman–Crippen MR) is 106 cm³/mol. The largest absolute Gasteiger partial charge is 0.355 e. The van der Waals surface area contributed by atoms with Crippen LogP contribution in [-0.4, -0.2) is 48.1 Å². The van der Waals surface area contributed by atoms with Gasteiger partial charge in [0.05, 0.1) is 0 Å². The molecule has 0 radical (unpaired) electrons. The highest BCUT2D eigenvalue weighted by Gasteiger charge is 2.30. The number of carbonyl (C=O) groups excluding carboxylic acids is 1. The molecule has 142 valence electrons. The van der Waals surface area contributed by atoms with E-state index in [1.165, 1.54) is 12.8 Å². The molecule has 4 rings (SSSR count). The van der Waals surface area contributed by atoms with Crippen molar-refractivity contribution in [2.45, 2.75) is 25.8 Å². The second-order valence-corrected chi connectivity index (χ2v) is 7.24. The standard InChI is InChI=1S/C20H26N6O/c1-2-21-19(27)15-3-5-16(6-4-15)24-20-22-9-7-18(25-20)26-10-8-14-11-17(13-26)23-12-14/h3-7,9,14,17,23H,2,8,10-13H2,1H3,(H,21,27)(H,22,24,25)/t14?,17-/m1/s1. The molecule has 2 aliphatic heterocycles. The molecule has 2 aromatic rings. The minimum Gasteiger partial charge on any atom is -0.355 e. The second kappa shape index (κ2) is 7.92. The smallest absolute Gasteiger partial charge is 0.251 e. The number of fused-ring (bicyclic) bond motifs is 2. The third-order valence-corrected chi connectivity index (χ3v) is 5.27. The highest BCUT2D eigenvalue weighted by atomic mass is 16.1. The molecular weight excluding hydrogens is 340 g/mol. The van der Waals surface area contributed by atoms with Gasteiger partial charge in [0.2, 0.25) is 5.95 Å².